The number of hydrogen-bond donors (Lipinski definition) is 1. The molecular formula is C17H20O5. The van der Waals surface area contributed by atoms with Crippen LogP contribution in [0.25, 0.3) is 0 Å². The second kappa shape index (κ2) is 7.22. The highest BCUT2D eigenvalue weighted by Crippen LogP contribution is 2.26. The van der Waals surface area contributed by atoms with E-state index in [-0.39, 0.29) is 19.0 Å². The van der Waals surface area contributed by atoms with Crippen LogP contribution < -0.4 is 4.74 Å². The Morgan fingerprint density at radius 2 is 2.14 bits per heavy atom. The molecule has 1 unspecified atom stereocenters. The van der Waals surface area contributed by atoms with Crippen molar-refractivity contribution in [1.29, 1.82) is 0 Å². The molecule has 2 rings (SSSR count). The molecule has 1 atom stereocenters. The van der Waals surface area contributed by atoms with Crippen LogP contribution >= 0.6 is 0 Å². The SMILES string of the molecule is CCOC(=O)C1=CC(=O)c2cc(OCC(O)CC)ccc2C1. The standard InChI is InChI=1S/C17H20O5/c1-3-13(18)10-22-14-6-5-11-7-12(17(20)21-4-2)8-16(19)15(11)9-14/h5-6,8-9,13,18H,3-4,7,10H2,1-2H3. The van der Waals surface area contributed by atoms with Crippen LogP contribution in [0.2, 0.25) is 0 Å². The summed E-state index contributed by atoms with van der Waals surface area (Å²) in [7, 11) is 0. The van der Waals surface area contributed by atoms with Gasteiger partial charge in [-0.2, -0.15) is 0 Å². The zero-order valence-corrected chi connectivity index (χ0v) is 12.8. The van der Waals surface area contributed by atoms with E-state index in [4.69, 9.17) is 9.47 Å². The Kier molecular flexibility index (Phi) is 5.33. The summed E-state index contributed by atoms with van der Waals surface area (Å²) < 4.78 is 10.4. The zero-order valence-electron chi connectivity index (χ0n) is 12.8. The van der Waals surface area contributed by atoms with Gasteiger partial charge < -0.3 is 14.6 Å². The minimum absolute atomic E-state index is 0.188. The minimum Gasteiger partial charge on any atom is -0.491 e. The fourth-order valence-electron chi connectivity index (χ4n) is 2.19. The van der Waals surface area contributed by atoms with E-state index in [1.54, 1.807) is 25.1 Å². The lowest BCUT2D eigenvalue weighted by atomic mass is 9.90. The van der Waals surface area contributed by atoms with Crippen molar-refractivity contribution in [2.75, 3.05) is 13.2 Å². The first-order valence-corrected chi connectivity index (χ1v) is 7.41. The third-order valence-corrected chi connectivity index (χ3v) is 3.48. The molecule has 0 radical (unpaired) electrons. The van der Waals surface area contributed by atoms with Gasteiger partial charge in [-0.1, -0.05) is 13.0 Å². The molecule has 0 saturated carbocycles. The van der Waals surface area contributed by atoms with Crippen LogP contribution in [0.5, 0.6) is 5.75 Å². The number of allylic oxidation sites excluding steroid dienone is 1. The van der Waals surface area contributed by atoms with E-state index in [0.29, 0.717) is 29.7 Å². The van der Waals surface area contributed by atoms with Gasteiger partial charge in [-0.15, -0.1) is 0 Å². The van der Waals surface area contributed by atoms with Gasteiger partial charge in [0, 0.05) is 17.6 Å². The van der Waals surface area contributed by atoms with E-state index in [0.717, 1.165) is 5.56 Å². The molecule has 0 bridgehead atoms. The fraction of sp³-hybridized carbons (Fsp3) is 0.412. The number of ketones is 1. The molecule has 22 heavy (non-hydrogen) atoms. The maximum Gasteiger partial charge on any atom is 0.334 e. The maximum atomic E-state index is 12.2. The summed E-state index contributed by atoms with van der Waals surface area (Å²) in [5, 5.41) is 9.50. The molecule has 0 fully saturated rings. The maximum absolute atomic E-state index is 12.2. The highest BCUT2D eigenvalue weighted by atomic mass is 16.5. The first-order valence-electron chi connectivity index (χ1n) is 7.41. The minimum atomic E-state index is -0.526. The summed E-state index contributed by atoms with van der Waals surface area (Å²) in [5.41, 5.74) is 1.67. The molecule has 1 aromatic carbocycles. The van der Waals surface area contributed by atoms with E-state index < -0.39 is 12.1 Å². The van der Waals surface area contributed by atoms with Crippen molar-refractivity contribution >= 4 is 11.8 Å². The van der Waals surface area contributed by atoms with Gasteiger partial charge in [0.1, 0.15) is 12.4 Å². The van der Waals surface area contributed by atoms with Gasteiger partial charge in [0.2, 0.25) is 0 Å². The molecule has 0 spiro atoms. The largest absolute Gasteiger partial charge is 0.491 e. The number of esters is 1. The molecule has 1 aliphatic carbocycles. The average Bonchev–Trinajstić information content (AvgIpc) is 2.52. The van der Waals surface area contributed by atoms with E-state index in [9.17, 15) is 14.7 Å². The van der Waals surface area contributed by atoms with Gasteiger partial charge >= 0.3 is 5.97 Å². The van der Waals surface area contributed by atoms with Gasteiger partial charge in [0.05, 0.1) is 12.7 Å². The smallest absolute Gasteiger partial charge is 0.334 e. The van der Waals surface area contributed by atoms with Gasteiger partial charge in [0.25, 0.3) is 0 Å². The number of aliphatic hydroxyl groups is 1. The molecule has 0 heterocycles. The summed E-state index contributed by atoms with van der Waals surface area (Å²) >= 11 is 0. The summed E-state index contributed by atoms with van der Waals surface area (Å²) in [6.07, 6.45) is 1.78. The van der Waals surface area contributed by atoms with Crippen LogP contribution in [-0.4, -0.2) is 36.2 Å². The number of carbonyl (C=O) groups excluding carboxylic acids is 2. The van der Waals surface area contributed by atoms with Crippen molar-refractivity contribution in [3.63, 3.8) is 0 Å². The summed E-state index contributed by atoms with van der Waals surface area (Å²) in [5.74, 6) is -0.147. The Morgan fingerprint density at radius 1 is 1.36 bits per heavy atom. The molecule has 1 aromatic rings. The fourth-order valence-corrected chi connectivity index (χ4v) is 2.19. The number of benzene rings is 1. The van der Waals surface area contributed by atoms with E-state index in [1.807, 2.05) is 6.92 Å². The molecule has 118 valence electrons. The monoisotopic (exact) mass is 304 g/mol. The number of ether oxygens (including phenoxy) is 2. The van der Waals surface area contributed by atoms with Crippen LogP contribution in [0.1, 0.15) is 36.2 Å². The molecule has 0 aliphatic heterocycles. The Labute approximate surface area is 129 Å². The number of fused-ring (bicyclic) bond motifs is 1. The Hall–Kier alpha value is -2.14. The predicted molar refractivity (Wildman–Crippen MR) is 81.0 cm³/mol. The number of carbonyl (C=O) groups is 2. The number of rotatable bonds is 6. The van der Waals surface area contributed by atoms with Crippen LogP contribution in [-0.2, 0) is 16.0 Å². The second-order valence-corrected chi connectivity index (χ2v) is 5.12. The van der Waals surface area contributed by atoms with Gasteiger partial charge in [-0.3, -0.25) is 4.79 Å². The highest BCUT2D eigenvalue weighted by Gasteiger charge is 2.23. The van der Waals surface area contributed by atoms with Crippen molar-refractivity contribution in [3.05, 3.63) is 41.0 Å². The summed E-state index contributed by atoms with van der Waals surface area (Å²) in [6, 6.07) is 5.16. The van der Waals surface area contributed by atoms with Crippen molar-refractivity contribution in [1.82, 2.24) is 0 Å². The molecule has 1 N–H and O–H groups in total. The molecule has 1 aliphatic rings. The third-order valence-electron chi connectivity index (χ3n) is 3.48. The Balaban J connectivity index is 2.14. The second-order valence-electron chi connectivity index (χ2n) is 5.12. The average molecular weight is 304 g/mol. The van der Waals surface area contributed by atoms with E-state index in [1.165, 1.54) is 6.08 Å². The van der Waals surface area contributed by atoms with Crippen LogP contribution in [0, 0.1) is 0 Å². The van der Waals surface area contributed by atoms with Crippen molar-refractivity contribution in [3.8, 4) is 5.75 Å². The molecule has 0 amide bonds. The molecule has 5 heteroatoms. The predicted octanol–water partition coefficient (Wildman–Crippen LogP) is 2.06. The molecule has 0 saturated heterocycles. The van der Waals surface area contributed by atoms with Crippen molar-refractivity contribution < 1.29 is 24.2 Å². The lowest BCUT2D eigenvalue weighted by molar-refractivity contribution is -0.138. The summed E-state index contributed by atoms with van der Waals surface area (Å²) in [4.78, 5) is 23.9. The van der Waals surface area contributed by atoms with E-state index in [2.05, 4.69) is 0 Å². The van der Waals surface area contributed by atoms with Crippen LogP contribution in [0.15, 0.2) is 29.8 Å². The number of hydrogen-bond acceptors (Lipinski definition) is 5. The van der Waals surface area contributed by atoms with Crippen LogP contribution in [0.4, 0.5) is 0 Å². The summed E-state index contributed by atoms with van der Waals surface area (Å²) in [6.45, 7) is 4.06. The molecular weight excluding hydrogens is 284 g/mol. The van der Waals surface area contributed by atoms with Crippen LogP contribution in [0.3, 0.4) is 0 Å². The number of aliphatic hydroxyl groups excluding tert-OH is 1. The lowest BCUT2D eigenvalue weighted by Gasteiger charge is -2.17. The molecule has 0 aromatic heterocycles. The Bertz CT molecular complexity index is 603. The van der Waals surface area contributed by atoms with Gasteiger partial charge in [-0.25, -0.2) is 4.79 Å². The quantitative estimate of drug-likeness (QED) is 0.814. The van der Waals surface area contributed by atoms with Gasteiger partial charge in [0.15, 0.2) is 5.78 Å². The first-order chi connectivity index (χ1) is 10.5. The first kappa shape index (κ1) is 16.2. The Morgan fingerprint density at radius 3 is 2.82 bits per heavy atom. The topological polar surface area (TPSA) is 72.8 Å². The van der Waals surface area contributed by atoms with Gasteiger partial charge in [-0.05, 0) is 37.1 Å². The third kappa shape index (κ3) is 3.74. The van der Waals surface area contributed by atoms with Crippen molar-refractivity contribution in [2.24, 2.45) is 0 Å². The lowest BCUT2D eigenvalue weighted by Crippen LogP contribution is -2.18. The van der Waals surface area contributed by atoms with E-state index >= 15 is 0 Å². The highest BCUT2D eigenvalue weighted by molar-refractivity contribution is 6.11. The van der Waals surface area contributed by atoms with Crippen molar-refractivity contribution in [2.45, 2.75) is 32.8 Å². The molecule has 5 nitrogen and oxygen atoms in total. The normalized spacial score (nSPS) is 14.9. The zero-order chi connectivity index (χ0) is 16.1.